The lowest BCUT2D eigenvalue weighted by atomic mass is 10.3. The smallest absolute Gasteiger partial charge is 0.254 e. The fourth-order valence-electron chi connectivity index (χ4n) is 1.76. The summed E-state index contributed by atoms with van der Waals surface area (Å²) in [5.74, 6) is 0.362. The van der Waals surface area contributed by atoms with Gasteiger partial charge in [-0.05, 0) is 24.3 Å². The summed E-state index contributed by atoms with van der Waals surface area (Å²) in [6.45, 7) is 1.48. The van der Waals surface area contributed by atoms with E-state index in [0.717, 1.165) is 15.6 Å². The standard InChI is InChI=1S/C13H10ClN5OS/c1-8(20)17-9-2-4-10(5-3-9)21-12-6-11(14)18-13-15-7-16-19(12)13/h2-7H,1H3,(H,17,20). The van der Waals surface area contributed by atoms with Gasteiger partial charge in [0.1, 0.15) is 16.5 Å². The van der Waals surface area contributed by atoms with E-state index in [1.54, 1.807) is 10.6 Å². The molecule has 0 aliphatic rings. The van der Waals surface area contributed by atoms with Crippen molar-refractivity contribution < 1.29 is 4.79 Å². The minimum absolute atomic E-state index is 0.0966. The predicted octanol–water partition coefficient (Wildman–Crippen LogP) is 2.89. The lowest BCUT2D eigenvalue weighted by Crippen LogP contribution is -2.05. The Hall–Kier alpha value is -2.12. The van der Waals surface area contributed by atoms with E-state index in [1.165, 1.54) is 25.0 Å². The summed E-state index contributed by atoms with van der Waals surface area (Å²) in [4.78, 5) is 20.1. The van der Waals surface area contributed by atoms with Gasteiger partial charge in [0.05, 0.1) is 0 Å². The van der Waals surface area contributed by atoms with Crippen LogP contribution in [0.15, 0.2) is 46.6 Å². The molecule has 0 spiro atoms. The van der Waals surface area contributed by atoms with Crippen molar-refractivity contribution in [3.8, 4) is 0 Å². The molecule has 0 atom stereocenters. The number of anilines is 1. The zero-order chi connectivity index (χ0) is 14.8. The molecule has 0 saturated carbocycles. The SMILES string of the molecule is CC(=O)Nc1ccc(Sc2cc(Cl)nc3ncnn23)cc1. The maximum Gasteiger partial charge on any atom is 0.254 e. The molecule has 1 amide bonds. The van der Waals surface area contributed by atoms with Crippen molar-refractivity contribution in [2.45, 2.75) is 16.8 Å². The molecule has 21 heavy (non-hydrogen) atoms. The number of halogens is 1. The van der Waals surface area contributed by atoms with Crippen molar-refractivity contribution in [2.24, 2.45) is 0 Å². The van der Waals surface area contributed by atoms with Crippen molar-refractivity contribution in [2.75, 3.05) is 5.32 Å². The molecule has 0 aliphatic carbocycles. The highest BCUT2D eigenvalue weighted by molar-refractivity contribution is 7.99. The van der Waals surface area contributed by atoms with Crippen LogP contribution in [0.1, 0.15) is 6.92 Å². The maximum absolute atomic E-state index is 11.0. The second kappa shape index (κ2) is 5.71. The normalized spacial score (nSPS) is 10.8. The topological polar surface area (TPSA) is 72.2 Å². The Bertz CT molecular complexity index is 802. The third-order valence-electron chi connectivity index (χ3n) is 2.59. The van der Waals surface area contributed by atoms with Crippen molar-refractivity contribution >= 4 is 40.7 Å². The van der Waals surface area contributed by atoms with Gasteiger partial charge >= 0.3 is 0 Å². The summed E-state index contributed by atoms with van der Waals surface area (Å²) in [6.07, 6.45) is 1.43. The van der Waals surface area contributed by atoms with E-state index in [9.17, 15) is 4.79 Å². The first-order chi connectivity index (χ1) is 10.1. The van der Waals surface area contributed by atoms with Crippen molar-refractivity contribution in [3.05, 3.63) is 41.8 Å². The number of amides is 1. The summed E-state index contributed by atoms with van der Waals surface area (Å²) in [5, 5.41) is 8.03. The van der Waals surface area contributed by atoms with E-state index < -0.39 is 0 Å². The molecule has 0 bridgehead atoms. The number of carbonyl (C=O) groups excluding carboxylic acids is 1. The van der Waals surface area contributed by atoms with Crippen LogP contribution >= 0.6 is 23.4 Å². The summed E-state index contributed by atoms with van der Waals surface area (Å²) in [7, 11) is 0. The molecular formula is C13H10ClN5OS. The highest BCUT2D eigenvalue weighted by Crippen LogP contribution is 2.29. The largest absolute Gasteiger partial charge is 0.326 e. The molecule has 2 heterocycles. The first-order valence-corrected chi connectivity index (χ1v) is 7.23. The number of fused-ring (bicyclic) bond motifs is 1. The average Bonchev–Trinajstić information content (AvgIpc) is 2.88. The van der Waals surface area contributed by atoms with Crippen molar-refractivity contribution in [1.29, 1.82) is 0 Å². The molecule has 106 valence electrons. The first kappa shape index (κ1) is 13.8. The molecule has 0 unspecified atom stereocenters. The van der Waals surface area contributed by atoms with E-state index in [2.05, 4.69) is 20.4 Å². The highest BCUT2D eigenvalue weighted by Gasteiger charge is 2.08. The predicted molar refractivity (Wildman–Crippen MR) is 80.7 cm³/mol. The number of nitrogens with one attached hydrogen (secondary N) is 1. The summed E-state index contributed by atoms with van der Waals surface area (Å²) in [6, 6.07) is 9.23. The summed E-state index contributed by atoms with van der Waals surface area (Å²) in [5.41, 5.74) is 0.755. The van der Waals surface area contributed by atoms with Gasteiger partial charge in [-0.25, -0.2) is 0 Å². The third-order valence-corrected chi connectivity index (χ3v) is 3.79. The maximum atomic E-state index is 11.0. The molecule has 1 aromatic carbocycles. The van der Waals surface area contributed by atoms with Gasteiger partial charge in [0, 0.05) is 23.6 Å². The van der Waals surface area contributed by atoms with E-state index in [4.69, 9.17) is 11.6 Å². The Kier molecular flexibility index (Phi) is 3.76. The minimum atomic E-state index is -0.0966. The van der Waals surface area contributed by atoms with Gasteiger partial charge in [0.2, 0.25) is 5.91 Å². The number of hydrogen-bond donors (Lipinski definition) is 1. The molecule has 0 aliphatic heterocycles. The van der Waals surface area contributed by atoms with Gasteiger partial charge in [-0.15, -0.1) is 0 Å². The molecule has 8 heteroatoms. The number of benzene rings is 1. The van der Waals surface area contributed by atoms with Crippen LogP contribution < -0.4 is 5.32 Å². The molecule has 3 aromatic rings. The Morgan fingerprint density at radius 2 is 2.10 bits per heavy atom. The molecule has 0 saturated heterocycles. The molecule has 6 nitrogen and oxygen atoms in total. The molecule has 0 radical (unpaired) electrons. The zero-order valence-corrected chi connectivity index (χ0v) is 12.5. The zero-order valence-electron chi connectivity index (χ0n) is 10.9. The minimum Gasteiger partial charge on any atom is -0.326 e. The Morgan fingerprint density at radius 1 is 1.33 bits per heavy atom. The lowest BCUT2D eigenvalue weighted by molar-refractivity contribution is -0.114. The van der Waals surface area contributed by atoms with Gasteiger partial charge in [-0.3, -0.25) is 4.79 Å². The van der Waals surface area contributed by atoms with E-state index in [0.29, 0.717) is 10.9 Å². The van der Waals surface area contributed by atoms with Gasteiger partial charge in [0.25, 0.3) is 5.78 Å². The molecule has 3 rings (SSSR count). The lowest BCUT2D eigenvalue weighted by Gasteiger charge is -2.06. The number of nitrogens with zero attached hydrogens (tertiary/aromatic N) is 4. The average molecular weight is 320 g/mol. The van der Waals surface area contributed by atoms with E-state index in [1.807, 2.05) is 24.3 Å². The van der Waals surface area contributed by atoms with Crippen molar-refractivity contribution in [1.82, 2.24) is 19.6 Å². The van der Waals surface area contributed by atoms with Gasteiger partial charge in [-0.1, -0.05) is 23.4 Å². The molecular weight excluding hydrogens is 310 g/mol. The highest BCUT2D eigenvalue weighted by atomic mass is 35.5. The third kappa shape index (κ3) is 3.14. The number of aromatic nitrogens is 4. The van der Waals surface area contributed by atoms with Crippen LogP contribution in [0.25, 0.3) is 5.78 Å². The Labute approximate surface area is 129 Å². The fourth-order valence-corrected chi connectivity index (χ4v) is 2.90. The Morgan fingerprint density at radius 3 is 2.81 bits per heavy atom. The monoisotopic (exact) mass is 319 g/mol. The second-order valence-electron chi connectivity index (χ2n) is 4.20. The number of carbonyl (C=O) groups is 1. The van der Waals surface area contributed by atoms with Crippen LogP contribution in [0.5, 0.6) is 0 Å². The molecule has 0 fully saturated rings. The number of rotatable bonds is 3. The Balaban J connectivity index is 1.88. The van der Waals surface area contributed by atoms with Crippen molar-refractivity contribution in [3.63, 3.8) is 0 Å². The van der Waals surface area contributed by atoms with Gasteiger partial charge in [0.15, 0.2) is 0 Å². The van der Waals surface area contributed by atoms with Crippen LogP contribution in [0.4, 0.5) is 5.69 Å². The summed E-state index contributed by atoms with van der Waals surface area (Å²) >= 11 is 7.46. The molecule has 2 aromatic heterocycles. The first-order valence-electron chi connectivity index (χ1n) is 6.03. The second-order valence-corrected chi connectivity index (χ2v) is 5.68. The van der Waals surface area contributed by atoms with Crippen LogP contribution in [-0.4, -0.2) is 25.5 Å². The quantitative estimate of drug-likeness (QED) is 0.751. The number of hydrogen-bond acceptors (Lipinski definition) is 5. The van der Waals surface area contributed by atoms with Crippen LogP contribution in [0.2, 0.25) is 5.15 Å². The van der Waals surface area contributed by atoms with Crippen LogP contribution in [0.3, 0.4) is 0 Å². The summed E-state index contributed by atoms with van der Waals surface area (Å²) < 4.78 is 1.62. The van der Waals surface area contributed by atoms with Crippen LogP contribution in [-0.2, 0) is 4.79 Å². The molecule has 1 N–H and O–H groups in total. The van der Waals surface area contributed by atoms with Gasteiger partial charge in [-0.2, -0.15) is 19.6 Å². The van der Waals surface area contributed by atoms with Crippen LogP contribution in [0, 0.1) is 0 Å². The fraction of sp³-hybridized carbons (Fsp3) is 0.0769. The van der Waals surface area contributed by atoms with E-state index >= 15 is 0 Å². The van der Waals surface area contributed by atoms with E-state index in [-0.39, 0.29) is 5.91 Å². The van der Waals surface area contributed by atoms with Gasteiger partial charge < -0.3 is 5.32 Å².